The predicted octanol–water partition coefficient (Wildman–Crippen LogP) is 4.02. The van der Waals surface area contributed by atoms with Gasteiger partial charge in [-0.1, -0.05) is 20.8 Å². The number of hydrogen-bond donors (Lipinski definition) is 1. The summed E-state index contributed by atoms with van der Waals surface area (Å²) < 4.78 is 2.55. The van der Waals surface area contributed by atoms with Crippen molar-refractivity contribution in [3.63, 3.8) is 0 Å². The highest BCUT2D eigenvalue weighted by Crippen LogP contribution is 2.39. The first-order valence-electron chi connectivity index (χ1n) is 7.80. The van der Waals surface area contributed by atoms with Crippen LogP contribution >= 0.6 is 8.73 Å². The summed E-state index contributed by atoms with van der Waals surface area (Å²) in [6, 6.07) is 3.15. The van der Waals surface area contributed by atoms with Crippen molar-refractivity contribution in [3.8, 4) is 6.07 Å². The molecule has 0 aliphatic rings. The van der Waals surface area contributed by atoms with E-state index in [1.807, 2.05) is 0 Å². The molecule has 0 aromatic heterocycles. The molecule has 0 spiro atoms. The molecule has 0 radical (unpaired) electrons. The third kappa shape index (κ3) is 7.02. The molecule has 0 aliphatic heterocycles. The first kappa shape index (κ1) is 19.8. The summed E-state index contributed by atoms with van der Waals surface area (Å²) in [5.74, 6) is 1.04. The van der Waals surface area contributed by atoms with E-state index in [1.54, 1.807) is 0 Å². The number of nitriles is 1. The molecule has 4 heteroatoms. The third-order valence-corrected chi connectivity index (χ3v) is 6.58. The Balaban J connectivity index is 4.75. The van der Waals surface area contributed by atoms with Crippen molar-refractivity contribution in [2.24, 2.45) is 11.8 Å². The molecular formula is C16H33N2OP. The maximum absolute atomic E-state index is 9.87. The second-order valence-corrected chi connectivity index (χ2v) is 8.16. The van der Waals surface area contributed by atoms with E-state index in [9.17, 15) is 5.11 Å². The van der Waals surface area contributed by atoms with Crippen LogP contribution in [0.25, 0.3) is 0 Å². The monoisotopic (exact) mass is 300 g/mol. The minimum absolute atomic E-state index is 0.246. The molecule has 0 heterocycles. The number of hydrogen-bond acceptors (Lipinski definition) is 3. The Hall–Kier alpha value is -0.160. The van der Waals surface area contributed by atoms with Crippen LogP contribution in [0.2, 0.25) is 0 Å². The number of rotatable bonds is 9. The molecule has 1 N–H and O–H groups in total. The zero-order valence-electron chi connectivity index (χ0n) is 14.2. The molecule has 0 aromatic carbocycles. The Bertz CT molecular complexity index is 291. The van der Waals surface area contributed by atoms with Gasteiger partial charge in [-0.2, -0.15) is 5.26 Å². The van der Waals surface area contributed by atoms with Gasteiger partial charge in [-0.25, -0.2) is 0 Å². The highest BCUT2D eigenvalue weighted by atomic mass is 31.1. The number of nitrogens with zero attached hydrogens (tertiary/aromatic N) is 2. The van der Waals surface area contributed by atoms with E-state index in [0.29, 0.717) is 29.6 Å². The molecule has 0 aliphatic carbocycles. The fraction of sp³-hybridized carbons (Fsp3) is 0.938. The summed E-state index contributed by atoms with van der Waals surface area (Å²) in [6.45, 7) is 15.8. The lowest BCUT2D eigenvalue weighted by Gasteiger charge is -2.38. The maximum Gasteiger partial charge on any atom is 0.0672 e. The Labute approximate surface area is 127 Å². The molecule has 0 bridgehead atoms. The van der Waals surface area contributed by atoms with Crippen LogP contribution in [0.4, 0.5) is 0 Å². The second-order valence-electron chi connectivity index (χ2n) is 6.72. The van der Waals surface area contributed by atoms with Gasteiger partial charge in [-0.05, 0) is 60.3 Å². The van der Waals surface area contributed by atoms with Crippen LogP contribution in [-0.4, -0.2) is 33.6 Å². The molecule has 0 rings (SSSR count). The minimum atomic E-state index is -0.479. The molecule has 0 aromatic rings. The van der Waals surface area contributed by atoms with E-state index in [2.05, 4.69) is 59.2 Å². The standard InChI is InChI=1S/C16H33N2OP/c1-11(2)16(14(7)10-15(19)8-9-17)20-18(12(3)4)13(5)6/h11-16,19-20H,8,10H2,1-7H3. The van der Waals surface area contributed by atoms with Gasteiger partial charge in [0.25, 0.3) is 0 Å². The van der Waals surface area contributed by atoms with Gasteiger partial charge in [0, 0.05) is 12.1 Å². The lowest BCUT2D eigenvalue weighted by molar-refractivity contribution is 0.145. The van der Waals surface area contributed by atoms with Crippen LogP contribution in [0.1, 0.15) is 61.3 Å². The van der Waals surface area contributed by atoms with Crippen molar-refractivity contribution in [1.82, 2.24) is 4.67 Å². The Morgan fingerprint density at radius 2 is 1.55 bits per heavy atom. The van der Waals surface area contributed by atoms with Crippen molar-refractivity contribution >= 4 is 8.73 Å². The summed E-state index contributed by atoms with van der Waals surface area (Å²) in [4.78, 5) is 0. The molecule has 0 saturated carbocycles. The van der Waals surface area contributed by atoms with Gasteiger partial charge in [-0.15, -0.1) is 0 Å². The van der Waals surface area contributed by atoms with E-state index in [4.69, 9.17) is 5.26 Å². The van der Waals surface area contributed by atoms with Gasteiger partial charge < -0.3 is 5.11 Å². The lowest BCUT2D eigenvalue weighted by atomic mass is 9.92. The van der Waals surface area contributed by atoms with Crippen LogP contribution in [0, 0.1) is 23.2 Å². The molecule has 4 unspecified atom stereocenters. The van der Waals surface area contributed by atoms with Crippen molar-refractivity contribution in [2.45, 2.75) is 85.2 Å². The topological polar surface area (TPSA) is 47.3 Å². The first-order chi connectivity index (χ1) is 9.20. The smallest absolute Gasteiger partial charge is 0.0672 e. The minimum Gasteiger partial charge on any atom is -0.392 e. The normalized spacial score (nSPS) is 17.4. The van der Waals surface area contributed by atoms with Crippen LogP contribution in [0.3, 0.4) is 0 Å². The largest absolute Gasteiger partial charge is 0.392 e. The predicted molar refractivity (Wildman–Crippen MR) is 89.1 cm³/mol. The lowest BCUT2D eigenvalue weighted by Crippen LogP contribution is -2.35. The van der Waals surface area contributed by atoms with Crippen molar-refractivity contribution < 1.29 is 5.11 Å². The molecule has 4 atom stereocenters. The highest BCUT2D eigenvalue weighted by molar-refractivity contribution is 7.36. The van der Waals surface area contributed by atoms with Crippen LogP contribution in [0.15, 0.2) is 0 Å². The SMILES string of the molecule is CC(C)C(PN(C(C)C)C(C)C)C(C)CC(O)CC#N. The average molecular weight is 300 g/mol. The van der Waals surface area contributed by atoms with Gasteiger partial charge in [0.1, 0.15) is 0 Å². The molecule has 3 nitrogen and oxygen atoms in total. The summed E-state index contributed by atoms with van der Waals surface area (Å²) in [5, 5.41) is 18.5. The molecule has 20 heavy (non-hydrogen) atoms. The van der Waals surface area contributed by atoms with E-state index < -0.39 is 6.10 Å². The van der Waals surface area contributed by atoms with Crippen molar-refractivity contribution in [3.05, 3.63) is 0 Å². The van der Waals surface area contributed by atoms with Crippen LogP contribution in [-0.2, 0) is 0 Å². The quantitative estimate of drug-likeness (QED) is 0.654. The molecule has 0 amide bonds. The van der Waals surface area contributed by atoms with Gasteiger partial charge in [0.05, 0.1) is 18.6 Å². The van der Waals surface area contributed by atoms with Crippen LogP contribution in [0.5, 0.6) is 0 Å². The van der Waals surface area contributed by atoms with E-state index in [1.165, 1.54) is 0 Å². The van der Waals surface area contributed by atoms with E-state index in [-0.39, 0.29) is 6.42 Å². The third-order valence-electron chi connectivity index (χ3n) is 3.71. The van der Waals surface area contributed by atoms with Crippen molar-refractivity contribution in [2.75, 3.05) is 0 Å². The zero-order chi connectivity index (χ0) is 15.9. The van der Waals surface area contributed by atoms with Crippen molar-refractivity contribution in [1.29, 1.82) is 5.26 Å². The maximum atomic E-state index is 9.87. The molecular weight excluding hydrogens is 267 g/mol. The molecule has 118 valence electrons. The fourth-order valence-electron chi connectivity index (χ4n) is 2.76. The Morgan fingerprint density at radius 3 is 1.90 bits per heavy atom. The molecule has 0 fully saturated rings. The van der Waals surface area contributed by atoms with Crippen LogP contribution < -0.4 is 0 Å². The van der Waals surface area contributed by atoms with Gasteiger partial charge in [0.15, 0.2) is 0 Å². The van der Waals surface area contributed by atoms with E-state index >= 15 is 0 Å². The zero-order valence-corrected chi connectivity index (χ0v) is 15.2. The second kappa shape index (κ2) is 9.72. The Kier molecular flexibility index (Phi) is 9.64. The summed E-state index contributed by atoms with van der Waals surface area (Å²) in [7, 11) is 0.777. The first-order valence-corrected chi connectivity index (χ1v) is 8.82. The fourth-order valence-corrected chi connectivity index (χ4v) is 4.39. The van der Waals surface area contributed by atoms with Gasteiger partial charge in [0.2, 0.25) is 0 Å². The molecule has 0 saturated heterocycles. The average Bonchev–Trinajstić information content (AvgIpc) is 2.27. The highest BCUT2D eigenvalue weighted by Gasteiger charge is 2.27. The summed E-state index contributed by atoms with van der Waals surface area (Å²) in [5.41, 5.74) is 0.577. The number of aliphatic hydroxyl groups excluding tert-OH is 1. The summed E-state index contributed by atoms with van der Waals surface area (Å²) >= 11 is 0. The van der Waals surface area contributed by atoms with E-state index in [0.717, 1.165) is 15.2 Å². The number of aliphatic hydroxyl groups is 1. The van der Waals surface area contributed by atoms with Gasteiger partial charge in [-0.3, -0.25) is 4.67 Å². The Morgan fingerprint density at radius 1 is 1.05 bits per heavy atom. The summed E-state index contributed by atoms with van der Waals surface area (Å²) in [6.07, 6.45) is 0.497. The van der Waals surface area contributed by atoms with Gasteiger partial charge >= 0.3 is 0 Å².